The van der Waals surface area contributed by atoms with Gasteiger partial charge in [-0.15, -0.1) is 6.58 Å². The summed E-state index contributed by atoms with van der Waals surface area (Å²) in [5, 5.41) is 0. The van der Waals surface area contributed by atoms with Gasteiger partial charge in [0.2, 0.25) is 0 Å². The first-order valence-electron chi connectivity index (χ1n) is 6.83. The zero-order valence-corrected chi connectivity index (χ0v) is 12.5. The highest BCUT2D eigenvalue weighted by Gasteiger charge is 2.13. The molecule has 1 aromatic rings. The molecule has 1 aromatic carbocycles. The summed E-state index contributed by atoms with van der Waals surface area (Å²) in [7, 11) is 1.62. The predicted octanol–water partition coefficient (Wildman–Crippen LogP) is 2.60. The average molecular weight is 294 g/mol. The molecule has 0 aliphatic rings. The van der Waals surface area contributed by atoms with E-state index >= 15 is 0 Å². The van der Waals surface area contributed by atoms with Gasteiger partial charge in [0, 0.05) is 6.42 Å². The van der Waals surface area contributed by atoms with Crippen LogP contribution in [0.4, 0.5) is 0 Å². The third kappa shape index (κ3) is 6.81. The van der Waals surface area contributed by atoms with Crippen molar-refractivity contribution >= 4 is 5.97 Å². The lowest BCUT2D eigenvalue weighted by molar-refractivity contribution is -0.155. The van der Waals surface area contributed by atoms with Gasteiger partial charge in [-0.25, -0.2) is 4.79 Å². The van der Waals surface area contributed by atoms with Crippen LogP contribution in [0.1, 0.15) is 13.3 Å². The number of methoxy groups -OCH3 is 1. The number of carbonyl (C=O) groups is 1. The minimum Gasteiger partial charge on any atom is -0.497 e. The number of hydrogen-bond donors (Lipinski definition) is 0. The molecular formula is C16H22O5. The van der Waals surface area contributed by atoms with Crippen LogP contribution >= 0.6 is 0 Å². The molecule has 0 radical (unpaired) electrons. The molecule has 0 spiro atoms. The first-order valence-corrected chi connectivity index (χ1v) is 6.83. The standard InChI is InChI=1S/C16H22O5/c1-4-10-19-13(2)16(17)21-12-5-11-20-15-8-6-14(18-3)7-9-15/h4,6-9,13H,1,5,10-12H2,2-3H3. The van der Waals surface area contributed by atoms with Gasteiger partial charge in [0.25, 0.3) is 0 Å². The minimum absolute atomic E-state index is 0.302. The van der Waals surface area contributed by atoms with Gasteiger partial charge in [-0.3, -0.25) is 0 Å². The van der Waals surface area contributed by atoms with Gasteiger partial charge in [-0.2, -0.15) is 0 Å². The van der Waals surface area contributed by atoms with Crippen molar-refractivity contribution in [2.24, 2.45) is 0 Å². The quantitative estimate of drug-likeness (QED) is 0.377. The highest BCUT2D eigenvalue weighted by Crippen LogP contribution is 2.16. The lowest BCUT2D eigenvalue weighted by atomic mass is 10.3. The maximum absolute atomic E-state index is 11.5. The molecule has 0 saturated carbocycles. The number of carbonyl (C=O) groups excluding carboxylic acids is 1. The molecule has 1 rings (SSSR count). The van der Waals surface area contributed by atoms with Gasteiger partial charge < -0.3 is 18.9 Å². The van der Waals surface area contributed by atoms with Gasteiger partial charge in [-0.05, 0) is 31.2 Å². The van der Waals surface area contributed by atoms with Gasteiger partial charge in [0.05, 0.1) is 26.9 Å². The van der Waals surface area contributed by atoms with Crippen LogP contribution in [0, 0.1) is 0 Å². The Labute approximate surface area is 125 Å². The van der Waals surface area contributed by atoms with E-state index < -0.39 is 6.10 Å². The van der Waals surface area contributed by atoms with E-state index in [2.05, 4.69) is 6.58 Å². The van der Waals surface area contributed by atoms with Gasteiger partial charge in [-0.1, -0.05) is 6.08 Å². The molecule has 0 fully saturated rings. The Bertz CT molecular complexity index is 427. The largest absolute Gasteiger partial charge is 0.497 e. The third-order valence-electron chi connectivity index (χ3n) is 2.66. The van der Waals surface area contributed by atoms with E-state index in [1.807, 2.05) is 24.3 Å². The maximum Gasteiger partial charge on any atom is 0.334 e. The van der Waals surface area contributed by atoms with Gasteiger partial charge in [0.1, 0.15) is 11.5 Å². The van der Waals surface area contributed by atoms with E-state index in [0.717, 1.165) is 11.5 Å². The van der Waals surface area contributed by atoms with E-state index in [1.165, 1.54) is 0 Å². The lowest BCUT2D eigenvalue weighted by Crippen LogP contribution is -2.24. The summed E-state index contributed by atoms with van der Waals surface area (Å²) in [6.45, 7) is 6.28. The first kappa shape index (κ1) is 17.0. The minimum atomic E-state index is -0.578. The fraction of sp³-hybridized carbons (Fsp3) is 0.438. The van der Waals surface area contributed by atoms with E-state index in [0.29, 0.717) is 26.2 Å². The third-order valence-corrected chi connectivity index (χ3v) is 2.66. The smallest absolute Gasteiger partial charge is 0.334 e. The number of hydrogen-bond acceptors (Lipinski definition) is 5. The molecule has 1 unspecified atom stereocenters. The Morgan fingerprint density at radius 1 is 1.24 bits per heavy atom. The van der Waals surface area contributed by atoms with E-state index in [-0.39, 0.29) is 5.97 Å². The summed E-state index contributed by atoms with van der Waals surface area (Å²) >= 11 is 0. The monoisotopic (exact) mass is 294 g/mol. The molecule has 0 bridgehead atoms. The summed E-state index contributed by atoms with van der Waals surface area (Å²) < 4.78 is 20.8. The topological polar surface area (TPSA) is 54.0 Å². The van der Waals surface area contributed by atoms with E-state index in [9.17, 15) is 4.79 Å². The molecule has 116 valence electrons. The van der Waals surface area contributed by atoms with Crippen LogP contribution in [-0.4, -0.2) is 39.0 Å². The van der Waals surface area contributed by atoms with E-state index in [1.54, 1.807) is 20.1 Å². The SMILES string of the molecule is C=CCOC(C)C(=O)OCCCOc1ccc(OC)cc1. The van der Waals surface area contributed by atoms with Crippen molar-refractivity contribution in [2.45, 2.75) is 19.4 Å². The summed E-state index contributed by atoms with van der Waals surface area (Å²) in [6.07, 6.45) is 1.63. The molecule has 1 atom stereocenters. The van der Waals surface area contributed by atoms with Crippen molar-refractivity contribution in [2.75, 3.05) is 26.9 Å². The van der Waals surface area contributed by atoms with Crippen LogP contribution in [-0.2, 0) is 14.3 Å². The highest BCUT2D eigenvalue weighted by molar-refractivity contribution is 5.74. The molecule has 21 heavy (non-hydrogen) atoms. The average Bonchev–Trinajstić information content (AvgIpc) is 2.52. The highest BCUT2D eigenvalue weighted by atomic mass is 16.6. The Morgan fingerprint density at radius 2 is 1.90 bits per heavy atom. The zero-order chi connectivity index (χ0) is 15.5. The molecule has 0 aliphatic heterocycles. The van der Waals surface area contributed by atoms with Crippen molar-refractivity contribution < 1.29 is 23.7 Å². The second kappa shape index (κ2) is 9.83. The molecule has 0 aromatic heterocycles. The van der Waals surface area contributed by atoms with Crippen LogP contribution in [0.5, 0.6) is 11.5 Å². The maximum atomic E-state index is 11.5. The molecule has 0 N–H and O–H groups in total. The number of rotatable bonds is 10. The summed E-state index contributed by atoms with van der Waals surface area (Å²) in [4.78, 5) is 11.5. The molecule has 0 heterocycles. The molecular weight excluding hydrogens is 272 g/mol. The molecule has 5 heteroatoms. The van der Waals surface area contributed by atoms with Crippen molar-refractivity contribution in [3.05, 3.63) is 36.9 Å². The van der Waals surface area contributed by atoms with Crippen molar-refractivity contribution in [3.63, 3.8) is 0 Å². The van der Waals surface area contributed by atoms with Crippen LogP contribution in [0.2, 0.25) is 0 Å². The second-order valence-electron chi connectivity index (χ2n) is 4.31. The molecule has 0 saturated heterocycles. The Morgan fingerprint density at radius 3 is 2.52 bits per heavy atom. The summed E-state index contributed by atoms with van der Waals surface area (Å²) in [5.74, 6) is 1.16. The number of ether oxygens (including phenoxy) is 4. The van der Waals surface area contributed by atoms with Crippen molar-refractivity contribution in [3.8, 4) is 11.5 Å². The normalized spacial score (nSPS) is 11.5. The van der Waals surface area contributed by atoms with Crippen molar-refractivity contribution in [1.29, 1.82) is 0 Å². The number of benzene rings is 1. The molecule has 5 nitrogen and oxygen atoms in total. The summed E-state index contributed by atoms with van der Waals surface area (Å²) in [5.41, 5.74) is 0. The van der Waals surface area contributed by atoms with Crippen molar-refractivity contribution in [1.82, 2.24) is 0 Å². The Hall–Kier alpha value is -2.01. The van der Waals surface area contributed by atoms with Crippen LogP contribution < -0.4 is 9.47 Å². The van der Waals surface area contributed by atoms with Crippen LogP contribution in [0.3, 0.4) is 0 Å². The predicted molar refractivity (Wildman–Crippen MR) is 79.7 cm³/mol. The van der Waals surface area contributed by atoms with Gasteiger partial charge in [0.15, 0.2) is 6.10 Å². The fourth-order valence-electron chi connectivity index (χ4n) is 1.49. The Balaban J connectivity index is 2.13. The lowest BCUT2D eigenvalue weighted by Gasteiger charge is -2.11. The Kier molecular flexibility index (Phi) is 7.97. The zero-order valence-electron chi connectivity index (χ0n) is 12.5. The second-order valence-corrected chi connectivity index (χ2v) is 4.31. The number of esters is 1. The molecule has 0 amide bonds. The molecule has 0 aliphatic carbocycles. The fourth-order valence-corrected chi connectivity index (χ4v) is 1.49. The first-order chi connectivity index (χ1) is 10.2. The summed E-state index contributed by atoms with van der Waals surface area (Å²) in [6, 6.07) is 7.31. The van der Waals surface area contributed by atoms with Crippen LogP contribution in [0.15, 0.2) is 36.9 Å². The van der Waals surface area contributed by atoms with Gasteiger partial charge >= 0.3 is 5.97 Å². The van der Waals surface area contributed by atoms with Crippen LogP contribution in [0.25, 0.3) is 0 Å². The van der Waals surface area contributed by atoms with E-state index in [4.69, 9.17) is 18.9 Å².